The smallest absolute Gasteiger partial charge is 0.250 e. The van der Waals surface area contributed by atoms with Crippen LogP contribution in [0.2, 0.25) is 18.1 Å². The molecule has 1 aromatic carbocycles. The van der Waals surface area contributed by atoms with Crippen LogP contribution in [0, 0.1) is 0 Å². The second-order valence-electron chi connectivity index (χ2n) is 5.64. The van der Waals surface area contributed by atoms with Gasteiger partial charge in [0, 0.05) is 5.33 Å². The summed E-state index contributed by atoms with van der Waals surface area (Å²) >= 11 is 3.47. The summed E-state index contributed by atoms with van der Waals surface area (Å²) in [6.45, 7) is 11.3. The fraction of sp³-hybridized carbons (Fsp3) is 0.538. The molecule has 90 valence electrons. The minimum Gasteiger partial charge on any atom is -0.543 e. The average Bonchev–Trinajstić information content (AvgIpc) is 2.15. The summed E-state index contributed by atoms with van der Waals surface area (Å²) in [5, 5.41) is 1.12. The van der Waals surface area contributed by atoms with Crippen molar-refractivity contribution in [3.8, 4) is 5.75 Å². The van der Waals surface area contributed by atoms with Crippen LogP contribution in [-0.2, 0) is 5.33 Å². The number of benzene rings is 1. The number of alkyl halides is 1. The minimum absolute atomic E-state index is 0.247. The van der Waals surface area contributed by atoms with Crippen LogP contribution in [0.4, 0.5) is 0 Å². The molecule has 0 aromatic heterocycles. The Kier molecular flexibility index (Phi) is 4.24. The summed E-state index contributed by atoms with van der Waals surface area (Å²) in [5.74, 6) is 1.00. The minimum atomic E-state index is -1.70. The predicted molar refractivity (Wildman–Crippen MR) is 76.9 cm³/mol. The van der Waals surface area contributed by atoms with Crippen molar-refractivity contribution in [3.05, 3.63) is 29.8 Å². The first kappa shape index (κ1) is 13.8. The van der Waals surface area contributed by atoms with E-state index in [2.05, 4.69) is 68.0 Å². The number of hydrogen-bond donors (Lipinski definition) is 0. The quantitative estimate of drug-likeness (QED) is 0.566. The average molecular weight is 301 g/mol. The van der Waals surface area contributed by atoms with E-state index in [0.717, 1.165) is 11.1 Å². The highest BCUT2D eigenvalue weighted by molar-refractivity contribution is 9.08. The lowest BCUT2D eigenvalue weighted by Crippen LogP contribution is -2.43. The Morgan fingerprint density at radius 2 is 1.88 bits per heavy atom. The first-order valence-electron chi connectivity index (χ1n) is 5.60. The molecule has 0 bridgehead atoms. The van der Waals surface area contributed by atoms with Crippen molar-refractivity contribution in [2.45, 2.75) is 44.2 Å². The van der Waals surface area contributed by atoms with Gasteiger partial charge in [-0.25, -0.2) is 0 Å². The number of rotatable bonds is 3. The topological polar surface area (TPSA) is 9.23 Å². The molecule has 0 heterocycles. The van der Waals surface area contributed by atoms with Crippen molar-refractivity contribution in [2.24, 2.45) is 0 Å². The maximum Gasteiger partial charge on any atom is 0.250 e. The molecule has 0 saturated heterocycles. The van der Waals surface area contributed by atoms with Crippen molar-refractivity contribution < 1.29 is 4.43 Å². The molecule has 1 aromatic rings. The highest BCUT2D eigenvalue weighted by Gasteiger charge is 2.38. The maximum absolute atomic E-state index is 6.23. The molecule has 0 radical (unpaired) electrons. The Hall–Kier alpha value is -0.283. The fourth-order valence-electron chi connectivity index (χ4n) is 1.14. The Morgan fingerprint density at radius 1 is 1.25 bits per heavy atom. The first-order chi connectivity index (χ1) is 7.26. The molecular formula is C13H21BrOSi. The lowest BCUT2D eigenvalue weighted by Gasteiger charge is -2.36. The molecule has 0 atom stereocenters. The van der Waals surface area contributed by atoms with Crippen molar-refractivity contribution in [3.63, 3.8) is 0 Å². The summed E-state index contributed by atoms with van der Waals surface area (Å²) < 4.78 is 6.23. The van der Waals surface area contributed by atoms with Crippen molar-refractivity contribution in [1.29, 1.82) is 0 Å². The Bertz CT molecular complexity index is 355. The van der Waals surface area contributed by atoms with E-state index in [-0.39, 0.29) is 5.04 Å². The van der Waals surface area contributed by atoms with Gasteiger partial charge in [0.15, 0.2) is 0 Å². The Morgan fingerprint density at radius 3 is 2.38 bits per heavy atom. The molecule has 1 nitrogen and oxygen atoms in total. The van der Waals surface area contributed by atoms with Crippen LogP contribution < -0.4 is 4.43 Å². The number of halogens is 1. The van der Waals surface area contributed by atoms with Crippen LogP contribution in [0.5, 0.6) is 5.75 Å². The van der Waals surface area contributed by atoms with Gasteiger partial charge in [0.2, 0.25) is 8.32 Å². The third-order valence-corrected chi connectivity index (χ3v) is 8.24. The third-order valence-electron chi connectivity index (χ3n) is 3.23. The second-order valence-corrected chi connectivity index (χ2v) is 10.9. The molecule has 0 N–H and O–H groups in total. The number of hydrogen-bond acceptors (Lipinski definition) is 1. The van der Waals surface area contributed by atoms with E-state index in [9.17, 15) is 0 Å². The maximum atomic E-state index is 6.23. The molecule has 16 heavy (non-hydrogen) atoms. The van der Waals surface area contributed by atoms with Gasteiger partial charge in [0.25, 0.3) is 0 Å². The fourth-order valence-corrected chi connectivity index (χ4v) is 2.51. The highest BCUT2D eigenvalue weighted by Crippen LogP contribution is 2.37. The SMILES string of the molecule is CC(C)(C)[Si](C)(C)Oc1cccc(CBr)c1. The standard InChI is InChI=1S/C13H21BrOSi/c1-13(2,3)16(4,5)15-12-8-6-7-11(9-12)10-14/h6-9H,10H2,1-5H3. The van der Waals surface area contributed by atoms with Gasteiger partial charge in [-0.15, -0.1) is 0 Å². The van der Waals surface area contributed by atoms with E-state index < -0.39 is 8.32 Å². The molecule has 0 aliphatic heterocycles. The van der Waals surface area contributed by atoms with Crippen molar-refractivity contribution >= 4 is 24.2 Å². The second kappa shape index (κ2) is 4.92. The molecule has 0 spiro atoms. The molecule has 0 unspecified atom stereocenters. The monoisotopic (exact) mass is 300 g/mol. The normalized spacial score (nSPS) is 12.6. The summed E-state index contributed by atoms with van der Waals surface area (Å²) in [6.07, 6.45) is 0. The van der Waals surface area contributed by atoms with Crippen molar-refractivity contribution in [2.75, 3.05) is 0 Å². The van der Waals surface area contributed by atoms with E-state index >= 15 is 0 Å². The predicted octanol–water partition coefficient (Wildman–Crippen LogP) is 4.97. The van der Waals surface area contributed by atoms with Gasteiger partial charge in [-0.1, -0.05) is 48.8 Å². The molecule has 0 amide bonds. The summed E-state index contributed by atoms with van der Waals surface area (Å²) in [7, 11) is -1.70. The van der Waals surface area contributed by atoms with Crippen LogP contribution >= 0.6 is 15.9 Å². The van der Waals surface area contributed by atoms with E-state index in [1.165, 1.54) is 5.56 Å². The largest absolute Gasteiger partial charge is 0.543 e. The van der Waals surface area contributed by atoms with Gasteiger partial charge in [-0.05, 0) is 35.8 Å². The molecule has 3 heteroatoms. The third kappa shape index (κ3) is 3.35. The molecule has 0 aliphatic rings. The van der Waals surface area contributed by atoms with E-state index in [1.54, 1.807) is 0 Å². The Labute approximate surface area is 108 Å². The van der Waals surface area contributed by atoms with Crippen molar-refractivity contribution in [1.82, 2.24) is 0 Å². The van der Waals surface area contributed by atoms with E-state index in [0.29, 0.717) is 0 Å². The van der Waals surface area contributed by atoms with Gasteiger partial charge in [0.05, 0.1) is 0 Å². The zero-order chi connectivity index (χ0) is 12.4. The van der Waals surface area contributed by atoms with Crippen LogP contribution in [0.25, 0.3) is 0 Å². The Balaban J connectivity index is 2.88. The van der Waals surface area contributed by atoms with Crippen LogP contribution in [-0.4, -0.2) is 8.32 Å². The molecule has 0 aliphatic carbocycles. The molecule has 1 rings (SSSR count). The summed E-state index contributed by atoms with van der Waals surface area (Å²) in [5.41, 5.74) is 1.26. The summed E-state index contributed by atoms with van der Waals surface area (Å²) in [6, 6.07) is 8.33. The van der Waals surface area contributed by atoms with E-state index in [4.69, 9.17) is 4.43 Å². The molecule has 0 fully saturated rings. The van der Waals surface area contributed by atoms with Gasteiger partial charge < -0.3 is 4.43 Å². The van der Waals surface area contributed by atoms with Gasteiger partial charge in [0.1, 0.15) is 5.75 Å². The lowest BCUT2D eigenvalue weighted by atomic mass is 10.2. The molecular weight excluding hydrogens is 280 g/mol. The first-order valence-corrected chi connectivity index (χ1v) is 9.63. The van der Waals surface area contributed by atoms with Gasteiger partial charge in [-0.3, -0.25) is 0 Å². The van der Waals surface area contributed by atoms with Crippen LogP contribution in [0.15, 0.2) is 24.3 Å². The lowest BCUT2D eigenvalue weighted by molar-refractivity contribution is 0.492. The van der Waals surface area contributed by atoms with E-state index in [1.807, 2.05) is 6.07 Å². The van der Waals surface area contributed by atoms with Crippen LogP contribution in [0.1, 0.15) is 26.3 Å². The van der Waals surface area contributed by atoms with Gasteiger partial charge >= 0.3 is 0 Å². The van der Waals surface area contributed by atoms with Gasteiger partial charge in [-0.2, -0.15) is 0 Å². The zero-order valence-electron chi connectivity index (χ0n) is 10.8. The zero-order valence-corrected chi connectivity index (χ0v) is 13.4. The summed E-state index contributed by atoms with van der Waals surface area (Å²) in [4.78, 5) is 0. The van der Waals surface area contributed by atoms with Crippen LogP contribution in [0.3, 0.4) is 0 Å². The molecule has 0 saturated carbocycles. The highest BCUT2D eigenvalue weighted by atomic mass is 79.9.